The number of rotatable bonds is 4. The molecule has 2 aromatic carbocycles. The van der Waals surface area contributed by atoms with Crippen molar-refractivity contribution in [3.63, 3.8) is 0 Å². The van der Waals surface area contributed by atoms with E-state index < -0.39 is 18.0 Å². The molecule has 29 heavy (non-hydrogen) atoms. The maximum absolute atomic E-state index is 12.5. The highest BCUT2D eigenvalue weighted by Crippen LogP contribution is 2.37. The van der Waals surface area contributed by atoms with Crippen LogP contribution < -0.4 is 15.5 Å². The lowest BCUT2D eigenvalue weighted by Gasteiger charge is -2.33. The van der Waals surface area contributed by atoms with Crippen LogP contribution >= 0.6 is 0 Å². The van der Waals surface area contributed by atoms with Crippen LogP contribution in [0.1, 0.15) is 35.7 Å². The van der Waals surface area contributed by atoms with Gasteiger partial charge in [-0.3, -0.25) is 9.59 Å². The average Bonchev–Trinajstić information content (AvgIpc) is 3.18. The zero-order chi connectivity index (χ0) is 20.5. The molecule has 0 saturated carbocycles. The SMILES string of the molecule is Cc1cccc(NC(=O)[C@H](C)OC(=O)c2ccc3c(c2)NC(=O)[C@@H]2CCCN32)c1. The van der Waals surface area contributed by atoms with E-state index in [0.717, 1.165) is 30.6 Å². The second-order valence-electron chi connectivity index (χ2n) is 7.48. The monoisotopic (exact) mass is 393 g/mol. The second-order valence-corrected chi connectivity index (χ2v) is 7.48. The molecule has 2 N–H and O–H groups in total. The third-order valence-electron chi connectivity index (χ3n) is 5.29. The van der Waals surface area contributed by atoms with E-state index in [1.165, 1.54) is 6.92 Å². The van der Waals surface area contributed by atoms with E-state index in [1.807, 2.05) is 31.2 Å². The number of hydrogen-bond acceptors (Lipinski definition) is 5. The lowest BCUT2D eigenvalue weighted by molar-refractivity contribution is -0.123. The van der Waals surface area contributed by atoms with E-state index in [9.17, 15) is 14.4 Å². The Kier molecular flexibility index (Phi) is 4.96. The standard InChI is InChI=1S/C22H23N3O4/c1-13-5-3-6-16(11-13)23-20(26)14(2)29-22(28)15-8-9-18-17(12-15)24-21(27)19-7-4-10-25(18)19/h3,5-6,8-9,11-12,14,19H,4,7,10H2,1-2H3,(H,23,26)(H,24,27)/t14-,19-/m0/s1. The Bertz CT molecular complexity index is 988. The molecule has 0 spiro atoms. The van der Waals surface area contributed by atoms with Crippen molar-refractivity contribution < 1.29 is 19.1 Å². The predicted octanol–water partition coefficient (Wildman–Crippen LogP) is 3.10. The molecule has 0 unspecified atom stereocenters. The first kappa shape index (κ1) is 19.0. The van der Waals surface area contributed by atoms with Crippen molar-refractivity contribution in [2.24, 2.45) is 0 Å². The van der Waals surface area contributed by atoms with Crippen LogP contribution in [0, 0.1) is 6.92 Å². The zero-order valence-corrected chi connectivity index (χ0v) is 16.4. The van der Waals surface area contributed by atoms with Gasteiger partial charge in [0.1, 0.15) is 6.04 Å². The highest BCUT2D eigenvalue weighted by molar-refractivity contribution is 6.05. The summed E-state index contributed by atoms with van der Waals surface area (Å²) in [5, 5.41) is 5.61. The molecule has 150 valence electrons. The number of amides is 2. The molecule has 0 aromatic heterocycles. The topological polar surface area (TPSA) is 87.7 Å². The summed E-state index contributed by atoms with van der Waals surface area (Å²) in [5.41, 5.74) is 3.46. The smallest absolute Gasteiger partial charge is 0.338 e. The Morgan fingerprint density at radius 1 is 1.24 bits per heavy atom. The molecule has 2 heterocycles. The molecule has 1 saturated heterocycles. The number of carbonyl (C=O) groups is 3. The Hall–Kier alpha value is -3.35. The largest absolute Gasteiger partial charge is 0.449 e. The summed E-state index contributed by atoms with van der Waals surface area (Å²) in [6, 6.07) is 12.3. The van der Waals surface area contributed by atoms with E-state index in [4.69, 9.17) is 4.74 Å². The number of benzene rings is 2. The number of nitrogens with zero attached hydrogens (tertiary/aromatic N) is 1. The van der Waals surface area contributed by atoms with E-state index in [0.29, 0.717) is 11.4 Å². The number of ether oxygens (including phenoxy) is 1. The quantitative estimate of drug-likeness (QED) is 0.780. The van der Waals surface area contributed by atoms with Crippen molar-refractivity contribution in [2.45, 2.75) is 38.8 Å². The summed E-state index contributed by atoms with van der Waals surface area (Å²) < 4.78 is 5.33. The van der Waals surface area contributed by atoms with Crippen LogP contribution in [0.2, 0.25) is 0 Å². The minimum absolute atomic E-state index is 0.0496. The number of carbonyl (C=O) groups excluding carboxylic acids is 3. The van der Waals surface area contributed by atoms with Gasteiger partial charge in [-0.05, 0) is 62.6 Å². The maximum Gasteiger partial charge on any atom is 0.338 e. The fourth-order valence-electron chi connectivity index (χ4n) is 3.81. The molecule has 4 rings (SSSR count). The predicted molar refractivity (Wildman–Crippen MR) is 110 cm³/mol. The van der Waals surface area contributed by atoms with Gasteiger partial charge in [0.05, 0.1) is 16.9 Å². The van der Waals surface area contributed by atoms with E-state index in [2.05, 4.69) is 15.5 Å². The van der Waals surface area contributed by atoms with Crippen LogP contribution in [0.5, 0.6) is 0 Å². The lowest BCUT2D eigenvalue weighted by Crippen LogP contribution is -2.43. The molecule has 2 amide bonds. The number of esters is 1. The fourth-order valence-corrected chi connectivity index (χ4v) is 3.81. The van der Waals surface area contributed by atoms with E-state index >= 15 is 0 Å². The van der Waals surface area contributed by atoms with Gasteiger partial charge in [0.15, 0.2) is 6.10 Å². The van der Waals surface area contributed by atoms with Crippen molar-refractivity contribution in [1.29, 1.82) is 0 Å². The number of fused-ring (bicyclic) bond motifs is 3. The van der Waals surface area contributed by atoms with Gasteiger partial charge in [-0.2, -0.15) is 0 Å². The number of hydrogen-bond donors (Lipinski definition) is 2. The molecule has 0 aliphatic carbocycles. The van der Waals surface area contributed by atoms with Crippen LogP contribution in [-0.4, -0.2) is 36.5 Å². The second kappa shape index (κ2) is 7.58. The van der Waals surface area contributed by atoms with Crippen molar-refractivity contribution in [2.75, 3.05) is 22.1 Å². The van der Waals surface area contributed by atoms with Crippen molar-refractivity contribution in [3.8, 4) is 0 Å². The first-order valence-corrected chi connectivity index (χ1v) is 9.72. The summed E-state index contributed by atoms with van der Waals surface area (Å²) in [7, 11) is 0. The van der Waals surface area contributed by atoms with Gasteiger partial charge in [-0.25, -0.2) is 4.79 Å². The van der Waals surface area contributed by atoms with Gasteiger partial charge < -0.3 is 20.3 Å². The van der Waals surface area contributed by atoms with Gasteiger partial charge in [0.2, 0.25) is 5.91 Å². The summed E-state index contributed by atoms with van der Waals surface area (Å²) >= 11 is 0. The van der Waals surface area contributed by atoms with Crippen molar-refractivity contribution in [1.82, 2.24) is 0 Å². The summed E-state index contributed by atoms with van der Waals surface area (Å²) in [6.07, 6.45) is 0.842. The number of nitrogens with one attached hydrogen (secondary N) is 2. The lowest BCUT2D eigenvalue weighted by atomic mass is 10.1. The molecule has 0 bridgehead atoms. The molecule has 2 atom stereocenters. The number of aryl methyl sites for hydroxylation is 1. The van der Waals surface area contributed by atoms with Gasteiger partial charge >= 0.3 is 5.97 Å². The molecule has 2 aliphatic heterocycles. The first-order valence-electron chi connectivity index (χ1n) is 9.72. The van der Waals surface area contributed by atoms with Gasteiger partial charge in [-0.1, -0.05) is 12.1 Å². The van der Waals surface area contributed by atoms with Crippen molar-refractivity contribution in [3.05, 3.63) is 53.6 Å². The summed E-state index contributed by atoms with van der Waals surface area (Å²) in [6.45, 7) is 4.28. The van der Waals surface area contributed by atoms with Crippen molar-refractivity contribution >= 4 is 34.8 Å². The third-order valence-corrected chi connectivity index (χ3v) is 5.29. The normalized spacial score (nSPS) is 18.3. The molecule has 2 aliphatic rings. The molecule has 2 aromatic rings. The molecule has 0 radical (unpaired) electrons. The van der Waals surface area contributed by atoms with Crippen LogP contribution in [0.4, 0.5) is 17.1 Å². The Balaban J connectivity index is 1.44. The highest BCUT2D eigenvalue weighted by atomic mass is 16.5. The molecule has 1 fully saturated rings. The Morgan fingerprint density at radius 2 is 2.07 bits per heavy atom. The van der Waals surface area contributed by atoms with Gasteiger partial charge in [0.25, 0.3) is 5.91 Å². The molecular weight excluding hydrogens is 370 g/mol. The minimum Gasteiger partial charge on any atom is -0.449 e. The first-order chi connectivity index (χ1) is 13.9. The summed E-state index contributed by atoms with van der Waals surface area (Å²) in [4.78, 5) is 39.2. The highest BCUT2D eigenvalue weighted by Gasteiger charge is 2.36. The number of anilines is 3. The zero-order valence-electron chi connectivity index (χ0n) is 16.4. The maximum atomic E-state index is 12.5. The molecular formula is C22H23N3O4. The fraction of sp³-hybridized carbons (Fsp3) is 0.318. The van der Waals surface area contributed by atoms with E-state index in [1.54, 1.807) is 18.2 Å². The minimum atomic E-state index is -0.961. The van der Waals surface area contributed by atoms with Crippen LogP contribution in [-0.2, 0) is 14.3 Å². The van der Waals surface area contributed by atoms with Crippen LogP contribution in [0.15, 0.2) is 42.5 Å². The van der Waals surface area contributed by atoms with Crippen LogP contribution in [0.3, 0.4) is 0 Å². The Morgan fingerprint density at radius 3 is 2.86 bits per heavy atom. The van der Waals surface area contributed by atoms with Gasteiger partial charge in [-0.15, -0.1) is 0 Å². The van der Waals surface area contributed by atoms with Gasteiger partial charge in [0, 0.05) is 12.2 Å². The summed E-state index contributed by atoms with van der Waals surface area (Å²) in [5.74, 6) is -1.07. The van der Waals surface area contributed by atoms with Crippen LogP contribution in [0.25, 0.3) is 0 Å². The van der Waals surface area contributed by atoms with E-state index in [-0.39, 0.29) is 17.5 Å². The molecule has 7 heteroatoms. The third kappa shape index (κ3) is 3.81. The average molecular weight is 393 g/mol. The Labute approximate surface area is 169 Å². The molecule has 7 nitrogen and oxygen atoms in total.